The maximum atomic E-state index is 2.53. The standard InChI is InChI=1S/C48H31NS2/c1-4-15-32(16-5-1)35-29-36(33-17-6-2-7-18-33)31-37(30-35)49(42-24-14-23-40-39-21-10-12-25-44(39)50-47(40)42)43-28-27-38(34-19-8-3-9-20-34)46-41-22-11-13-26-45(41)51-48(43)46/h1-31H. The lowest BCUT2D eigenvalue weighted by atomic mass is 9.96. The molecule has 3 heteroatoms. The van der Waals surface area contributed by atoms with E-state index in [1.807, 2.05) is 22.7 Å². The summed E-state index contributed by atoms with van der Waals surface area (Å²) in [6.45, 7) is 0. The van der Waals surface area contributed by atoms with Crippen molar-refractivity contribution in [2.75, 3.05) is 4.90 Å². The molecule has 0 atom stereocenters. The first-order valence-electron chi connectivity index (χ1n) is 17.3. The molecule has 10 rings (SSSR count). The van der Waals surface area contributed by atoms with Gasteiger partial charge in [-0.25, -0.2) is 0 Å². The summed E-state index contributed by atoms with van der Waals surface area (Å²) in [5.74, 6) is 0. The van der Waals surface area contributed by atoms with Crippen LogP contribution in [0.4, 0.5) is 17.1 Å². The Morgan fingerprint density at radius 2 is 0.843 bits per heavy atom. The largest absolute Gasteiger partial charge is 0.308 e. The van der Waals surface area contributed by atoms with Crippen molar-refractivity contribution in [3.63, 3.8) is 0 Å². The van der Waals surface area contributed by atoms with Gasteiger partial charge in [0.05, 0.1) is 20.8 Å². The number of anilines is 3. The topological polar surface area (TPSA) is 3.24 Å². The molecule has 2 aromatic heterocycles. The van der Waals surface area contributed by atoms with Crippen molar-refractivity contribution in [2.24, 2.45) is 0 Å². The third-order valence-electron chi connectivity index (χ3n) is 9.85. The molecule has 0 aliphatic carbocycles. The van der Waals surface area contributed by atoms with Gasteiger partial charge in [0.15, 0.2) is 0 Å². The Hall–Kier alpha value is -6.00. The summed E-state index contributed by atoms with van der Waals surface area (Å²) in [6, 6.07) is 68.6. The number of nitrogens with zero attached hydrogens (tertiary/aromatic N) is 1. The van der Waals surface area contributed by atoms with Crippen molar-refractivity contribution < 1.29 is 0 Å². The molecule has 0 saturated carbocycles. The van der Waals surface area contributed by atoms with Crippen LogP contribution in [0.5, 0.6) is 0 Å². The van der Waals surface area contributed by atoms with Crippen LogP contribution in [-0.4, -0.2) is 0 Å². The summed E-state index contributed by atoms with van der Waals surface area (Å²) in [7, 11) is 0. The van der Waals surface area contributed by atoms with Crippen LogP contribution in [0.15, 0.2) is 188 Å². The molecule has 0 radical (unpaired) electrons. The predicted octanol–water partition coefficient (Wildman–Crippen LogP) is 14.9. The molecule has 8 aromatic carbocycles. The second-order valence-electron chi connectivity index (χ2n) is 12.9. The molecule has 240 valence electrons. The number of benzene rings is 8. The van der Waals surface area contributed by atoms with Gasteiger partial charge >= 0.3 is 0 Å². The van der Waals surface area contributed by atoms with Crippen LogP contribution >= 0.6 is 22.7 Å². The zero-order valence-electron chi connectivity index (χ0n) is 27.7. The van der Waals surface area contributed by atoms with Gasteiger partial charge in [-0.3, -0.25) is 0 Å². The van der Waals surface area contributed by atoms with E-state index >= 15 is 0 Å². The highest BCUT2D eigenvalue weighted by Crippen LogP contribution is 2.51. The highest BCUT2D eigenvalue weighted by atomic mass is 32.1. The Balaban J connectivity index is 1.33. The molecule has 0 N–H and O–H groups in total. The van der Waals surface area contributed by atoms with Gasteiger partial charge in [0.25, 0.3) is 0 Å². The van der Waals surface area contributed by atoms with E-state index in [2.05, 4.69) is 193 Å². The monoisotopic (exact) mass is 685 g/mol. The SMILES string of the molecule is c1ccc(-c2cc(-c3ccccc3)cc(N(c3cccc4c3sc3ccccc34)c3ccc(-c4ccccc4)c4c3sc3ccccc34)c2)cc1. The second-order valence-corrected chi connectivity index (χ2v) is 15.0. The van der Waals surface area contributed by atoms with Crippen molar-refractivity contribution >= 4 is 80.1 Å². The van der Waals surface area contributed by atoms with Crippen LogP contribution in [0.25, 0.3) is 73.7 Å². The number of thiophene rings is 2. The van der Waals surface area contributed by atoms with Crippen molar-refractivity contribution in [1.29, 1.82) is 0 Å². The summed E-state index contributed by atoms with van der Waals surface area (Å²) in [5, 5.41) is 5.18. The number of hydrogen-bond donors (Lipinski definition) is 0. The molecule has 0 unspecified atom stereocenters. The Bertz CT molecular complexity index is 2790. The van der Waals surface area contributed by atoms with Crippen LogP contribution < -0.4 is 4.90 Å². The summed E-state index contributed by atoms with van der Waals surface area (Å²) in [5.41, 5.74) is 10.8. The quantitative estimate of drug-likeness (QED) is 0.168. The van der Waals surface area contributed by atoms with Gasteiger partial charge in [-0.05, 0) is 75.8 Å². The first kappa shape index (κ1) is 29.9. The zero-order chi connectivity index (χ0) is 33.7. The summed E-state index contributed by atoms with van der Waals surface area (Å²) in [6.07, 6.45) is 0. The van der Waals surface area contributed by atoms with Crippen molar-refractivity contribution in [1.82, 2.24) is 0 Å². The van der Waals surface area contributed by atoms with Gasteiger partial charge in [-0.1, -0.05) is 146 Å². The second kappa shape index (κ2) is 12.4. The normalized spacial score (nSPS) is 11.5. The van der Waals surface area contributed by atoms with Gasteiger partial charge in [0.2, 0.25) is 0 Å². The van der Waals surface area contributed by atoms with Crippen LogP contribution in [0.3, 0.4) is 0 Å². The van der Waals surface area contributed by atoms with Crippen LogP contribution in [0, 0.1) is 0 Å². The molecule has 2 heterocycles. The highest BCUT2D eigenvalue weighted by Gasteiger charge is 2.24. The van der Waals surface area contributed by atoms with Crippen molar-refractivity contribution in [3.05, 3.63) is 188 Å². The average Bonchev–Trinajstić information content (AvgIpc) is 3.79. The highest BCUT2D eigenvalue weighted by molar-refractivity contribution is 7.27. The van der Waals surface area contributed by atoms with Crippen LogP contribution in [0.1, 0.15) is 0 Å². The molecule has 0 fully saturated rings. The predicted molar refractivity (Wildman–Crippen MR) is 223 cm³/mol. The third kappa shape index (κ3) is 5.13. The molecule has 0 aliphatic rings. The molecule has 0 saturated heterocycles. The summed E-state index contributed by atoms with van der Waals surface area (Å²) in [4.78, 5) is 2.53. The maximum absolute atomic E-state index is 2.53. The van der Waals surface area contributed by atoms with E-state index in [-0.39, 0.29) is 0 Å². The molecule has 0 spiro atoms. The lowest BCUT2D eigenvalue weighted by Crippen LogP contribution is -2.11. The van der Waals surface area contributed by atoms with Crippen LogP contribution in [-0.2, 0) is 0 Å². The van der Waals surface area contributed by atoms with Gasteiger partial charge in [0, 0.05) is 36.6 Å². The Morgan fingerprint density at radius 1 is 0.333 bits per heavy atom. The summed E-state index contributed by atoms with van der Waals surface area (Å²) >= 11 is 3.77. The lowest BCUT2D eigenvalue weighted by molar-refractivity contribution is 1.32. The van der Waals surface area contributed by atoms with Gasteiger partial charge in [-0.2, -0.15) is 0 Å². The molecule has 10 aromatic rings. The number of hydrogen-bond acceptors (Lipinski definition) is 3. The van der Waals surface area contributed by atoms with E-state index in [0.717, 1.165) is 5.69 Å². The van der Waals surface area contributed by atoms with E-state index in [0.29, 0.717) is 0 Å². The molecular weight excluding hydrogens is 655 g/mol. The minimum absolute atomic E-state index is 1.13. The molecular formula is C48H31NS2. The minimum atomic E-state index is 1.13. The van der Waals surface area contributed by atoms with E-state index in [1.54, 1.807) is 0 Å². The third-order valence-corrected chi connectivity index (χ3v) is 12.2. The number of fused-ring (bicyclic) bond motifs is 6. The lowest BCUT2D eigenvalue weighted by Gasteiger charge is -2.28. The van der Waals surface area contributed by atoms with E-state index in [9.17, 15) is 0 Å². The van der Waals surface area contributed by atoms with Gasteiger partial charge < -0.3 is 4.90 Å². The summed E-state index contributed by atoms with van der Waals surface area (Å²) < 4.78 is 5.16. The first-order chi connectivity index (χ1) is 25.3. The number of rotatable bonds is 6. The minimum Gasteiger partial charge on any atom is -0.308 e. The fraction of sp³-hybridized carbons (Fsp3) is 0. The fourth-order valence-electron chi connectivity index (χ4n) is 7.50. The van der Waals surface area contributed by atoms with Crippen molar-refractivity contribution in [2.45, 2.75) is 0 Å². The smallest absolute Gasteiger partial charge is 0.0641 e. The van der Waals surface area contributed by atoms with Crippen molar-refractivity contribution in [3.8, 4) is 33.4 Å². The maximum Gasteiger partial charge on any atom is 0.0641 e. The molecule has 1 nitrogen and oxygen atoms in total. The van der Waals surface area contributed by atoms with Crippen LogP contribution in [0.2, 0.25) is 0 Å². The average molecular weight is 686 g/mol. The van der Waals surface area contributed by atoms with E-state index in [1.165, 1.54) is 85.1 Å². The Kier molecular flexibility index (Phi) is 7.26. The molecule has 0 bridgehead atoms. The Morgan fingerprint density at radius 3 is 1.51 bits per heavy atom. The Labute approximate surface area is 304 Å². The zero-order valence-corrected chi connectivity index (χ0v) is 29.3. The van der Waals surface area contributed by atoms with E-state index < -0.39 is 0 Å². The molecule has 0 aliphatic heterocycles. The van der Waals surface area contributed by atoms with E-state index in [4.69, 9.17) is 0 Å². The fourth-order valence-corrected chi connectivity index (χ4v) is 9.94. The van der Waals surface area contributed by atoms with Gasteiger partial charge in [-0.15, -0.1) is 22.7 Å². The molecule has 0 amide bonds. The first-order valence-corrected chi connectivity index (χ1v) is 18.9. The molecule has 51 heavy (non-hydrogen) atoms. The van der Waals surface area contributed by atoms with Gasteiger partial charge in [0.1, 0.15) is 0 Å².